The van der Waals surface area contributed by atoms with E-state index < -0.39 is 0 Å². The maximum absolute atomic E-state index is 12.0. The van der Waals surface area contributed by atoms with Gasteiger partial charge in [-0.1, -0.05) is 31.2 Å². The molecule has 3 aliphatic rings. The fourth-order valence-corrected chi connectivity index (χ4v) is 4.29. The van der Waals surface area contributed by atoms with E-state index >= 15 is 0 Å². The molecule has 1 saturated carbocycles. The highest BCUT2D eigenvalue weighted by molar-refractivity contribution is 5.87. The minimum absolute atomic E-state index is 0.0136. The number of anilines is 1. The lowest BCUT2D eigenvalue weighted by Crippen LogP contribution is -2.27. The lowest BCUT2D eigenvalue weighted by atomic mass is 9.93. The number of amides is 1. The van der Waals surface area contributed by atoms with Crippen molar-refractivity contribution in [2.45, 2.75) is 19.8 Å². The Hall–Kier alpha value is -2.43. The summed E-state index contributed by atoms with van der Waals surface area (Å²) in [6.07, 6.45) is 17.4. The van der Waals surface area contributed by atoms with Crippen LogP contribution in [0, 0.1) is 23.7 Å². The molecule has 5 heteroatoms. The summed E-state index contributed by atoms with van der Waals surface area (Å²) in [5.74, 6) is 3.75. The Balaban J connectivity index is 1.16. The van der Waals surface area contributed by atoms with Gasteiger partial charge in [-0.15, -0.1) is 0 Å². The van der Waals surface area contributed by atoms with Crippen LogP contribution in [-0.4, -0.2) is 35.5 Å². The largest absolute Gasteiger partial charge is 0.355 e. The van der Waals surface area contributed by atoms with E-state index in [2.05, 4.69) is 45.3 Å². The van der Waals surface area contributed by atoms with Crippen LogP contribution in [0.15, 0.2) is 54.5 Å². The Morgan fingerprint density at radius 3 is 2.92 bits per heavy atom. The van der Waals surface area contributed by atoms with E-state index in [4.69, 9.17) is 0 Å². The van der Waals surface area contributed by atoms with Gasteiger partial charge in [0.2, 0.25) is 5.91 Å². The normalized spacial score (nSPS) is 29.6. The van der Waals surface area contributed by atoms with Crippen LogP contribution in [0.25, 0.3) is 0 Å². The molecule has 26 heavy (non-hydrogen) atoms. The summed E-state index contributed by atoms with van der Waals surface area (Å²) >= 11 is 0. The maximum atomic E-state index is 12.0. The smallest absolute Gasteiger partial charge is 0.243 e. The van der Waals surface area contributed by atoms with Crippen LogP contribution < -0.4 is 10.2 Å². The number of hydrogen-bond acceptors (Lipinski definition) is 4. The van der Waals surface area contributed by atoms with E-state index in [0.29, 0.717) is 5.92 Å². The van der Waals surface area contributed by atoms with Crippen LogP contribution >= 0.6 is 0 Å². The number of allylic oxidation sites excluding steroid dienone is 5. The van der Waals surface area contributed by atoms with Crippen LogP contribution in [-0.2, 0) is 4.79 Å². The van der Waals surface area contributed by atoms with Crippen LogP contribution in [0.2, 0.25) is 0 Å². The number of fused-ring (bicyclic) bond motifs is 1. The molecule has 2 aliphatic carbocycles. The number of rotatable bonds is 6. The van der Waals surface area contributed by atoms with E-state index in [1.807, 2.05) is 12.3 Å². The molecule has 1 saturated heterocycles. The van der Waals surface area contributed by atoms with Crippen LogP contribution in [0.1, 0.15) is 19.8 Å². The first-order chi connectivity index (χ1) is 12.7. The van der Waals surface area contributed by atoms with Crippen molar-refractivity contribution in [3.8, 4) is 0 Å². The molecule has 1 N–H and O–H groups in total. The molecule has 1 aromatic heterocycles. The van der Waals surface area contributed by atoms with Crippen molar-refractivity contribution in [3.63, 3.8) is 0 Å². The number of aromatic nitrogens is 2. The highest BCUT2D eigenvalue weighted by atomic mass is 16.1. The second kappa shape index (κ2) is 7.44. The molecule has 2 fully saturated rings. The third-order valence-corrected chi connectivity index (χ3v) is 5.93. The van der Waals surface area contributed by atoms with Gasteiger partial charge < -0.3 is 10.2 Å². The second-order valence-electron chi connectivity index (χ2n) is 7.60. The summed E-state index contributed by atoms with van der Waals surface area (Å²) in [7, 11) is 0. The molecule has 1 aliphatic heterocycles. The summed E-state index contributed by atoms with van der Waals surface area (Å²) in [6, 6.07) is 0. The van der Waals surface area contributed by atoms with Gasteiger partial charge >= 0.3 is 0 Å². The summed E-state index contributed by atoms with van der Waals surface area (Å²) in [5.41, 5.74) is 1.23. The van der Waals surface area contributed by atoms with Crippen molar-refractivity contribution < 1.29 is 4.79 Å². The molecule has 2 heterocycles. The highest BCUT2D eigenvalue weighted by Crippen LogP contribution is 2.53. The number of carbonyl (C=O) groups excluding carboxylic acids is 1. The van der Waals surface area contributed by atoms with Crippen LogP contribution in [0.4, 0.5) is 5.82 Å². The molecule has 1 amide bonds. The SMILES string of the molecule is CC1CC=CC=C1/C=C/C(=O)NCCC1[C@H]2CN(c3cnccn3)C[C@@H]12. The van der Waals surface area contributed by atoms with Gasteiger partial charge in [0.1, 0.15) is 5.82 Å². The van der Waals surface area contributed by atoms with E-state index in [1.54, 1.807) is 18.5 Å². The Kier molecular flexibility index (Phi) is 4.87. The van der Waals surface area contributed by atoms with Crippen LogP contribution in [0.5, 0.6) is 0 Å². The summed E-state index contributed by atoms with van der Waals surface area (Å²) < 4.78 is 0. The molecule has 5 nitrogen and oxygen atoms in total. The van der Waals surface area contributed by atoms with Gasteiger partial charge in [-0.25, -0.2) is 4.98 Å². The Labute approximate surface area is 154 Å². The van der Waals surface area contributed by atoms with Crippen molar-refractivity contribution in [2.75, 3.05) is 24.5 Å². The molecule has 4 atom stereocenters. The fraction of sp³-hybridized carbons (Fsp3) is 0.476. The summed E-state index contributed by atoms with van der Waals surface area (Å²) in [6.45, 7) is 5.09. The maximum Gasteiger partial charge on any atom is 0.243 e. The molecule has 4 rings (SSSR count). The fourth-order valence-electron chi connectivity index (χ4n) is 4.29. The first-order valence-corrected chi connectivity index (χ1v) is 9.56. The minimum Gasteiger partial charge on any atom is -0.355 e. The molecule has 0 radical (unpaired) electrons. The van der Waals surface area contributed by atoms with Crippen molar-refractivity contribution in [1.82, 2.24) is 15.3 Å². The van der Waals surface area contributed by atoms with E-state index in [9.17, 15) is 4.79 Å². The van der Waals surface area contributed by atoms with E-state index in [0.717, 1.165) is 56.0 Å². The summed E-state index contributed by atoms with van der Waals surface area (Å²) in [5, 5.41) is 3.03. The minimum atomic E-state index is 0.0136. The van der Waals surface area contributed by atoms with Gasteiger partial charge in [0, 0.05) is 38.1 Å². The molecule has 136 valence electrons. The lowest BCUT2D eigenvalue weighted by molar-refractivity contribution is -0.116. The predicted molar refractivity (Wildman–Crippen MR) is 102 cm³/mol. The Bertz CT molecular complexity index is 728. The number of hydrogen-bond donors (Lipinski definition) is 1. The quantitative estimate of drug-likeness (QED) is 0.802. The standard InChI is InChI=1S/C21H26N4O/c1-15-4-2-3-5-16(15)6-7-21(26)24-9-8-17-18-13-25(14-19(17)18)20-12-22-10-11-23-20/h2-3,5-7,10-12,15,17-19H,4,8-9,13-14H2,1H3,(H,24,26)/b7-6+/t15?,17?,18-,19+. The van der Waals surface area contributed by atoms with E-state index in [-0.39, 0.29) is 5.91 Å². The molecular formula is C21H26N4O. The molecule has 0 aromatic carbocycles. The average molecular weight is 350 g/mol. The second-order valence-corrected chi connectivity index (χ2v) is 7.60. The molecule has 0 bridgehead atoms. The van der Waals surface area contributed by atoms with Crippen molar-refractivity contribution in [3.05, 3.63) is 54.5 Å². The third kappa shape index (κ3) is 3.71. The average Bonchev–Trinajstić information content (AvgIpc) is 3.11. The number of nitrogens with one attached hydrogen (secondary N) is 1. The zero-order chi connectivity index (χ0) is 17.9. The van der Waals surface area contributed by atoms with Gasteiger partial charge in [0.15, 0.2) is 0 Å². The van der Waals surface area contributed by atoms with Gasteiger partial charge in [-0.3, -0.25) is 9.78 Å². The van der Waals surface area contributed by atoms with Crippen LogP contribution in [0.3, 0.4) is 0 Å². The van der Waals surface area contributed by atoms with Crippen molar-refractivity contribution >= 4 is 11.7 Å². The zero-order valence-corrected chi connectivity index (χ0v) is 15.2. The number of piperidine rings is 1. The number of nitrogens with zero attached hydrogens (tertiary/aromatic N) is 3. The van der Waals surface area contributed by atoms with Gasteiger partial charge in [0.25, 0.3) is 0 Å². The Morgan fingerprint density at radius 1 is 1.35 bits per heavy atom. The zero-order valence-electron chi connectivity index (χ0n) is 15.2. The summed E-state index contributed by atoms with van der Waals surface area (Å²) in [4.78, 5) is 22.9. The number of carbonyl (C=O) groups is 1. The molecular weight excluding hydrogens is 324 g/mol. The third-order valence-electron chi connectivity index (χ3n) is 5.93. The van der Waals surface area contributed by atoms with Crippen molar-refractivity contribution in [1.29, 1.82) is 0 Å². The predicted octanol–water partition coefficient (Wildman–Crippen LogP) is 2.74. The molecule has 0 spiro atoms. The molecule has 2 unspecified atom stereocenters. The molecule has 1 aromatic rings. The lowest BCUT2D eigenvalue weighted by Gasteiger charge is -2.20. The van der Waals surface area contributed by atoms with Gasteiger partial charge in [-0.2, -0.15) is 0 Å². The first-order valence-electron chi connectivity index (χ1n) is 9.56. The monoisotopic (exact) mass is 350 g/mol. The topological polar surface area (TPSA) is 58.1 Å². The van der Waals surface area contributed by atoms with E-state index in [1.165, 1.54) is 5.57 Å². The van der Waals surface area contributed by atoms with Gasteiger partial charge in [0.05, 0.1) is 6.20 Å². The van der Waals surface area contributed by atoms with Crippen molar-refractivity contribution in [2.24, 2.45) is 23.7 Å². The highest BCUT2D eigenvalue weighted by Gasteiger charge is 2.55. The van der Waals surface area contributed by atoms with Gasteiger partial charge in [-0.05, 0) is 42.1 Å². The first kappa shape index (κ1) is 17.0. The Morgan fingerprint density at radius 2 is 2.19 bits per heavy atom.